The fourth-order valence-corrected chi connectivity index (χ4v) is 2.71. The average molecular weight is 328 g/mol. The molecule has 0 saturated carbocycles. The summed E-state index contributed by atoms with van der Waals surface area (Å²) in [4.78, 5) is 12.1. The number of rotatable bonds is 6. The Morgan fingerprint density at radius 2 is 1.77 bits per heavy atom. The number of nitrogens with one attached hydrogen (secondary N) is 2. The van der Waals surface area contributed by atoms with Crippen LogP contribution < -0.4 is 14.8 Å². The summed E-state index contributed by atoms with van der Waals surface area (Å²) in [6.07, 6.45) is 1.10. The van der Waals surface area contributed by atoms with Gasteiger partial charge in [0.15, 0.2) is 0 Å². The van der Waals surface area contributed by atoms with Gasteiger partial charge in [0.05, 0.1) is 19.4 Å². The quantitative estimate of drug-likeness (QED) is 0.830. The first-order chi connectivity index (χ1) is 10.00. The van der Waals surface area contributed by atoms with Crippen molar-refractivity contribution in [3.63, 3.8) is 0 Å². The Bertz CT molecular complexity index is 603. The normalized spacial score (nSPS) is 13.5. The Hall–Kier alpha value is -1.60. The molecule has 7 heteroatoms. The minimum absolute atomic E-state index is 0.0245. The minimum atomic E-state index is -3.44. The van der Waals surface area contributed by atoms with Crippen LogP contribution in [0, 0.1) is 0 Å². The van der Waals surface area contributed by atoms with Crippen LogP contribution in [-0.2, 0) is 14.8 Å². The lowest BCUT2D eigenvalue weighted by Crippen LogP contribution is -2.42. The summed E-state index contributed by atoms with van der Waals surface area (Å²) in [5.41, 5.74) is 0.336. The van der Waals surface area contributed by atoms with E-state index in [4.69, 9.17) is 4.74 Å². The molecule has 0 aromatic heterocycles. The van der Waals surface area contributed by atoms with Crippen LogP contribution in [0.2, 0.25) is 0 Å². The molecule has 0 heterocycles. The van der Waals surface area contributed by atoms with Gasteiger partial charge >= 0.3 is 0 Å². The summed E-state index contributed by atoms with van der Waals surface area (Å²) in [7, 11) is -1.88. The number of hydrogen-bond donors (Lipinski definition) is 2. The molecule has 124 valence electrons. The van der Waals surface area contributed by atoms with Gasteiger partial charge < -0.3 is 10.1 Å². The summed E-state index contributed by atoms with van der Waals surface area (Å²) >= 11 is 0. The number of sulfonamides is 1. The molecule has 0 saturated heterocycles. The maximum atomic E-state index is 12.1. The number of carbonyl (C=O) groups excluding carboxylic acids is 1. The molecule has 0 aliphatic rings. The van der Waals surface area contributed by atoms with E-state index in [-0.39, 0.29) is 17.9 Å². The Kier molecular flexibility index (Phi) is 5.96. The predicted octanol–water partition coefficient (Wildman–Crippen LogP) is 1.59. The molecular formula is C15H24N2O4S. The lowest BCUT2D eigenvalue weighted by Gasteiger charge is -2.23. The third-order valence-electron chi connectivity index (χ3n) is 2.78. The van der Waals surface area contributed by atoms with E-state index in [0.717, 1.165) is 6.26 Å². The van der Waals surface area contributed by atoms with Crippen LogP contribution in [0.15, 0.2) is 24.3 Å². The molecule has 2 N–H and O–H groups in total. The fraction of sp³-hybridized carbons (Fsp3) is 0.533. The van der Waals surface area contributed by atoms with Crippen LogP contribution in [0.5, 0.6) is 5.75 Å². The molecule has 0 fully saturated rings. The first kappa shape index (κ1) is 18.4. The van der Waals surface area contributed by atoms with Gasteiger partial charge in [-0.3, -0.25) is 4.79 Å². The summed E-state index contributed by atoms with van der Waals surface area (Å²) < 4.78 is 30.7. The van der Waals surface area contributed by atoms with E-state index < -0.39 is 16.1 Å². The maximum absolute atomic E-state index is 12.1. The van der Waals surface area contributed by atoms with Crippen molar-refractivity contribution in [2.45, 2.75) is 38.8 Å². The van der Waals surface area contributed by atoms with Crippen LogP contribution in [0.3, 0.4) is 0 Å². The van der Waals surface area contributed by atoms with Gasteiger partial charge in [-0.15, -0.1) is 0 Å². The van der Waals surface area contributed by atoms with E-state index in [0.29, 0.717) is 11.3 Å². The first-order valence-corrected chi connectivity index (χ1v) is 8.81. The van der Waals surface area contributed by atoms with Crippen LogP contribution >= 0.6 is 0 Å². The number of ether oxygens (including phenoxy) is 1. The summed E-state index contributed by atoms with van der Waals surface area (Å²) in [5, 5.41) is 2.83. The van der Waals surface area contributed by atoms with Gasteiger partial charge in [0.25, 0.3) is 0 Å². The molecule has 0 bridgehead atoms. The van der Waals surface area contributed by atoms with Crippen molar-refractivity contribution in [2.24, 2.45) is 0 Å². The minimum Gasteiger partial charge on any atom is -0.497 e. The standard InChI is InChI=1S/C15H24N2O4S/c1-15(2,3)16-14(18)10-13(17-22(5,19)20)11-6-8-12(21-4)9-7-11/h6-9,13,17H,10H2,1-5H3,(H,16,18)/t13-/m0/s1. The van der Waals surface area contributed by atoms with Gasteiger partial charge in [0, 0.05) is 12.0 Å². The van der Waals surface area contributed by atoms with Gasteiger partial charge in [-0.1, -0.05) is 12.1 Å². The van der Waals surface area contributed by atoms with Crippen molar-refractivity contribution in [1.29, 1.82) is 0 Å². The molecule has 0 aliphatic carbocycles. The average Bonchev–Trinajstić information content (AvgIpc) is 2.34. The summed E-state index contributed by atoms with van der Waals surface area (Å²) in [5.74, 6) is 0.450. The van der Waals surface area contributed by atoms with Crippen molar-refractivity contribution < 1.29 is 17.9 Å². The Morgan fingerprint density at radius 1 is 1.23 bits per heavy atom. The molecule has 0 spiro atoms. The van der Waals surface area contributed by atoms with E-state index in [1.807, 2.05) is 20.8 Å². The van der Waals surface area contributed by atoms with Gasteiger partial charge in [-0.25, -0.2) is 13.1 Å². The van der Waals surface area contributed by atoms with Gasteiger partial charge in [-0.2, -0.15) is 0 Å². The largest absolute Gasteiger partial charge is 0.497 e. The molecule has 0 unspecified atom stereocenters. The number of methoxy groups -OCH3 is 1. The van der Waals surface area contributed by atoms with E-state index in [1.165, 1.54) is 0 Å². The van der Waals surface area contributed by atoms with Crippen molar-refractivity contribution in [1.82, 2.24) is 10.0 Å². The molecule has 1 aromatic rings. The topological polar surface area (TPSA) is 84.5 Å². The van der Waals surface area contributed by atoms with Crippen LogP contribution in [0.1, 0.15) is 38.8 Å². The summed E-state index contributed by atoms with van der Waals surface area (Å²) in [6.45, 7) is 5.62. The van der Waals surface area contributed by atoms with Gasteiger partial charge in [0.2, 0.25) is 15.9 Å². The lowest BCUT2D eigenvalue weighted by molar-refractivity contribution is -0.122. The lowest BCUT2D eigenvalue weighted by atomic mass is 10.0. The highest BCUT2D eigenvalue weighted by molar-refractivity contribution is 7.88. The SMILES string of the molecule is COc1ccc([C@H](CC(=O)NC(C)(C)C)NS(C)(=O)=O)cc1. The van der Waals surface area contributed by atoms with Crippen molar-refractivity contribution in [3.8, 4) is 5.75 Å². The van der Waals surface area contributed by atoms with Crippen molar-refractivity contribution in [2.75, 3.05) is 13.4 Å². The fourth-order valence-electron chi connectivity index (χ4n) is 1.98. The zero-order valence-electron chi connectivity index (χ0n) is 13.6. The molecule has 1 atom stereocenters. The molecule has 1 aromatic carbocycles. The van der Waals surface area contributed by atoms with Gasteiger partial charge in [0.1, 0.15) is 5.75 Å². The maximum Gasteiger partial charge on any atom is 0.222 e. The zero-order chi connectivity index (χ0) is 17.0. The van der Waals surface area contributed by atoms with E-state index >= 15 is 0 Å². The first-order valence-electron chi connectivity index (χ1n) is 6.92. The van der Waals surface area contributed by atoms with E-state index in [9.17, 15) is 13.2 Å². The molecule has 0 aliphatic heterocycles. The highest BCUT2D eigenvalue weighted by Gasteiger charge is 2.22. The zero-order valence-corrected chi connectivity index (χ0v) is 14.5. The smallest absolute Gasteiger partial charge is 0.222 e. The predicted molar refractivity (Wildman–Crippen MR) is 86.2 cm³/mol. The van der Waals surface area contributed by atoms with Crippen LogP contribution in [0.25, 0.3) is 0 Å². The second-order valence-corrected chi connectivity index (χ2v) is 8.00. The third kappa shape index (κ3) is 6.91. The van der Waals surface area contributed by atoms with Crippen molar-refractivity contribution >= 4 is 15.9 Å². The number of carbonyl (C=O) groups is 1. The molecular weight excluding hydrogens is 304 g/mol. The van der Waals surface area contributed by atoms with E-state index in [1.54, 1.807) is 31.4 Å². The third-order valence-corrected chi connectivity index (χ3v) is 3.49. The molecule has 6 nitrogen and oxygen atoms in total. The summed E-state index contributed by atoms with van der Waals surface area (Å²) in [6, 6.07) is 6.32. The Balaban J connectivity index is 2.95. The number of hydrogen-bond acceptors (Lipinski definition) is 4. The highest BCUT2D eigenvalue weighted by atomic mass is 32.2. The second-order valence-electron chi connectivity index (χ2n) is 6.22. The molecule has 1 rings (SSSR count). The molecule has 0 radical (unpaired) electrons. The highest BCUT2D eigenvalue weighted by Crippen LogP contribution is 2.21. The monoisotopic (exact) mass is 328 g/mol. The number of benzene rings is 1. The molecule has 1 amide bonds. The van der Waals surface area contributed by atoms with Gasteiger partial charge in [-0.05, 0) is 38.5 Å². The van der Waals surface area contributed by atoms with Crippen LogP contribution in [0.4, 0.5) is 0 Å². The van der Waals surface area contributed by atoms with Crippen LogP contribution in [-0.4, -0.2) is 33.2 Å². The Morgan fingerprint density at radius 3 is 2.18 bits per heavy atom. The second kappa shape index (κ2) is 7.11. The molecule has 22 heavy (non-hydrogen) atoms. The van der Waals surface area contributed by atoms with Crippen molar-refractivity contribution in [3.05, 3.63) is 29.8 Å². The number of amides is 1. The van der Waals surface area contributed by atoms with E-state index in [2.05, 4.69) is 10.0 Å². The Labute approximate surface area is 132 Å².